The van der Waals surface area contributed by atoms with Crippen molar-refractivity contribution in [2.24, 2.45) is 0 Å². The summed E-state index contributed by atoms with van der Waals surface area (Å²) in [5.74, 6) is 0.105. The van der Waals surface area contributed by atoms with Crippen LogP contribution in [0.4, 0.5) is 0 Å². The topological polar surface area (TPSA) is 58.2 Å². The van der Waals surface area contributed by atoms with Gasteiger partial charge in [0.05, 0.1) is 0 Å². The Balaban J connectivity index is 1.55. The van der Waals surface area contributed by atoms with Crippen molar-refractivity contribution in [1.29, 1.82) is 0 Å². The molecule has 4 heteroatoms. The van der Waals surface area contributed by atoms with E-state index in [0.29, 0.717) is 19.4 Å². The highest BCUT2D eigenvalue weighted by molar-refractivity contribution is 5.77. The second kappa shape index (κ2) is 11.1. The first-order valence-corrected chi connectivity index (χ1v) is 9.27. The number of amides is 2. The van der Waals surface area contributed by atoms with Gasteiger partial charge in [0.15, 0.2) is 0 Å². The lowest BCUT2D eigenvalue weighted by Gasteiger charge is -2.14. The van der Waals surface area contributed by atoms with E-state index in [-0.39, 0.29) is 17.9 Å². The van der Waals surface area contributed by atoms with Gasteiger partial charge >= 0.3 is 0 Å². The lowest BCUT2D eigenvalue weighted by Crippen LogP contribution is -2.36. The summed E-state index contributed by atoms with van der Waals surface area (Å²) in [5, 5.41) is 5.92. The third kappa shape index (κ3) is 7.97. The van der Waals surface area contributed by atoms with E-state index < -0.39 is 0 Å². The molecule has 0 unspecified atom stereocenters. The summed E-state index contributed by atoms with van der Waals surface area (Å²) in [5.41, 5.74) is 2.34. The molecular weight excluding hydrogens is 324 g/mol. The monoisotopic (exact) mass is 352 g/mol. The van der Waals surface area contributed by atoms with Gasteiger partial charge in [-0.3, -0.25) is 9.59 Å². The summed E-state index contributed by atoms with van der Waals surface area (Å²) in [7, 11) is 0. The zero-order valence-electron chi connectivity index (χ0n) is 15.4. The number of hydrogen-bond donors (Lipinski definition) is 2. The molecule has 2 N–H and O–H groups in total. The Kier molecular flexibility index (Phi) is 8.40. The molecule has 0 aliphatic rings. The molecule has 2 rings (SSSR count). The van der Waals surface area contributed by atoms with E-state index in [2.05, 4.69) is 10.6 Å². The van der Waals surface area contributed by atoms with E-state index in [1.54, 1.807) is 0 Å². The van der Waals surface area contributed by atoms with E-state index >= 15 is 0 Å². The van der Waals surface area contributed by atoms with Crippen LogP contribution in [0.1, 0.15) is 37.3 Å². The van der Waals surface area contributed by atoms with E-state index in [9.17, 15) is 9.59 Å². The number of aryl methyl sites for hydroxylation is 2. The fraction of sp³-hybridized carbons (Fsp3) is 0.364. The third-order valence-electron chi connectivity index (χ3n) is 4.27. The molecule has 2 aromatic carbocycles. The second-order valence-electron chi connectivity index (χ2n) is 6.58. The van der Waals surface area contributed by atoms with Gasteiger partial charge in [0, 0.05) is 25.4 Å². The van der Waals surface area contributed by atoms with Crippen molar-refractivity contribution < 1.29 is 9.59 Å². The van der Waals surface area contributed by atoms with Gasteiger partial charge in [-0.25, -0.2) is 0 Å². The number of rotatable bonds is 10. The number of benzene rings is 2. The van der Waals surface area contributed by atoms with E-state index in [1.807, 2.05) is 67.6 Å². The van der Waals surface area contributed by atoms with Crippen LogP contribution in [0.2, 0.25) is 0 Å². The van der Waals surface area contributed by atoms with E-state index in [0.717, 1.165) is 19.3 Å². The van der Waals surface area contributed by atoms with Crippen LogP contribution in [-0.4, -0.2) is 24.4 Å². The van der Waals surface area contributed by atoms with Crippen LogP contribution in [0.25, 0.3) is 0 Å². The van der Waals surface area contributed by atoms with Crippen LogP contribution in [0.5, 0.6) is 0 Å². The van der Waals surface area contributed by atoms with Crippen LogP contribution in [0.3, 0.4) is 0 Å². The van der Waals surface area contributed by atoms with Crippen LogP contribution in [-0.2, 0) is 22.4 Å². The molecule has 0 saturated carbocycles. The van der Waals surface area contributed by atoms with Crippen molar-refractivity contribution in [2.45, 2.75) is 45.1 Å². The number of carbonyl (C=O) groups excluding carboxylic acids is 2. The molecule has 0 heterocycles. The van der Waals surface area contributed by atoms with Crippen molar-refractivity contribution in [3.63, 3.8) is 0 Å². The fourth-order valence-corrected chi connectivity index (χ4v) is 2.74. The minimum atomic E-state index is 0.0488. The first kappa shape index (κ1) is 19.7. The first-order chi connectivity index (χ1) is 12.6. The molecule has 0 spiro atoms. The van der Waals surface area contributed by atoms with Crippen LogP contribution in [0.15, 0.2) is 60.7 Å². The minimum Gasteiger partial charge on any atom is -0.356 e. The fourth-order valence-electron chi connectivity index (χ4n) is 2.74. The molecular formula is C22H28N2O2. The van der Waals surface area contributed by atoms with Gasteiger partial charge in [-0.15, -0.1) is 0 Å². The molecule has 0 aliphatic heterocycles. The Morgan fingerprint density at radius 1 is 0.808 bits per heavy atom. The lowest BCUT2D eigenvalue weighted by molar-refractivity contribution is -0.121. The summed E-state index contributed by atoms with van der Waals surface area (Å²) >= 11 is 0. The molecule has 138 valence electrons. The van der Waals surface area contributed by atoms with Crippen molar-refractivity contribution in [3.05, 3.63) is 71.8 Å². The largest absolute Gasteiger partial charge is 0.356 e. The number of hydrogen-bond acceptors (Lipinski definition) is 2. The standard InChI is InChI=1S/C22H28N2O2/c1-18(24-22(26)15-13-20-10-6-3-7-11-20)16-17-23-21(25)14-12-19-8-4-2-5-9-19/h2-11,18H,12-17H2,1H3,(H,23,25)(H,24,26)/t18-/m1/s1. The van der Waals surface area contributed by atoms with Crippen LogP contribution >= 0.6 is 0 Å². The summed E-state index contributed by atoms with van der Waals surface area (Å²) in [4.78, 5) is 23.9. The van der Waals surface area contributed by atoms with E-state index in [1.165, 1.54) is 11.1 Å². The molecule has 0 aromatic heterocycles. The zero-order valence-corrected chi connectivity index (χ0v) is 15.4. The summed E-state index contributed by atoms with van der Waals surface area (Å²) in [6, 6.07) is 20.0. The van der Waals surface area contributed by atoms with Crippen molar-refractivity contribution >= 4 is 11.8 Å². The molecule has 0 saturated heterocycles. The lowest BCUT2D eigenvalue weighted by atomic mass is 10.1. The Morgan fingerprint density at radius 3 is 1.85 bits per heavy atom. The molecule has 0 aliphatic carbocycles. The van der Waals surface area contributed by atoms with Gasteiger partial charge in [-0.05, 0) is 37.3 Å². The van der Waals surface area contributed by atoms with Crippen LogP contribution in [0, 0.1) is 0 Å². The van der Waals surface area contributed by atoms with Crippen LogP contribution < -0.4 is 10.6 Å². The maximum Gasteiger partial charge on any atom is 0.220 e. The highest BCUT2D eigenvalue weighted by atomic mass is 16.2. The molecule has 2 aromatic rings. The van der Waals surface area contributed by atoms with Gasteiger partial charge in [-0.1, -0.05) is 60.7 Å². The minimum absolute atomic E-state index is 0.0488. The Labute approximate surface area is 156 Å². The molecule has 2 amide bonds. The number of carbonyl (C=O) groups is 2. The normalized spacial score (nSPS) is 11.6. The average Bonchev–Trinajstić information content (AvgIpc) is 2.66. The molecule has 26 heavy (non-hydrogen) atoms. The van der Waals surface area contributed by atoms with Gasteiger partial charge in [0.25, 0.3) is 0 Å². The molecule has 0 bridgehead atoms. The second-order valence-corrected chi connectivity index (χ2v) is 6.58. The Hall–Kier alpha value is -2.62. The SMILES string of the molecule is C[C@H](CCNC(=O)CCc1ccccc1)NC(=O)CCc1ccccc1. The predicted octanol–water partition coefficient (Wildman–Crippen LogP) is 3.26. The average molecular weight is 352 g/mol. The molecule has 0 radical (unpaired) electrons. The highest BCUT2D eigenvalue weighted by Crippen LogP contribution is 2.03. The van der Waals surface area contributed by atoms with E-state index in [4.69, 9.17) is 0 Å². The summed E-state index contributed by atoms with van der Waals surface area (Å²) < 4.78 is 0. The van der Waals surface area contributed by atoms with Gasteiger partial charge in [0.2, 0.25) is 11.8 Å². The van der Waals surface area contributed by atoms with Crippen molar-refractivity contribution in [1.82, 2.24) is 10.6 Å². The van der Waals surface area contributed by atoms with Crippen molar-refractivity contribution in [2.75, 3.05) is 6.54 Å². The van der Waals surface area contributed by atoms with Gasteiger partial charge in [-0.2, -0.15) is 0 Å². The zero-order chi connectivity index (χ0) is 18.6. The summed E-state index contributed by atoms with van der Waals surface area (Å²) in [6.07, 6.45) is 3.20. The highest BCUT2D eigenvalue weighted by Gasteiger charge is 2.08. The van der Waals surface area contributed by atoms with Gasteiger partial charge in [0.1, 0.15) is 0 Å². The molecule has 4 nitrogen and oxygen atoms in total. The first-order valence-electron chi connectivity index (χ1n) is 9.27. The molecule has 1 atom stereocenters. The quantitative estimate of drug-likeness (QED) is 0.689. The maximum atomic E-state index is 12.0. The smallest absolute Gasteiger partial charge is 0.220 e. The van der Waals surface area contributed by atoms with Gasteiger partial charge < -0.3 is 10.6 Å². The van der Waals surface area contributed by atoms with Crippen molar-refractivity contribution in [3.8, 4) is 0 Å². The third-order valence-corrected chi connectivity index (χ3v) is 4.27. The Morgan fingerprint density at radius 2 is 1.31 bits per heavy atom. The summed E-state index contributed by atoms with van der Waals surface area (Å²) in [6.45, 7) is 2.55. The Bertz CT molecular complexity index is 671. The molecule has 0 fully saturated rings. The number of nitrogens with one attached hydrogen (secondary N) is 2. The maximum absolute atomic E-state index is 12.0. The predicted molar refractivity (Wildman–Crippen MR) is 105 cm³/mol.